The third-order valence-corrected chi connectivity index (χ3v) is 2.81. The number of rotatable bonds is 5. The van der Waals surface area contributed by atoms with E-state index in [2.05, 4.69) is 0 Å². The number of anilines is 1. The molecule has 0 aromatic heterocycles. The number of likely N-dealkylation sites (N-methyl/N-ethyl adjacent to an activating group) is 2. The van der Waals surface area contributed by atoms with Gasteiger partial charge in [0.25, 0.3) is 0 Å². The topological polar surface area (TPSA) is 49.6 Å². The lowest BCUT2D eigenvalue weighted by Gasteiger charge is -2.26. The number of nitrogens with zero attached hydrogens (tertiary/aromatic N) is 2. The number of amides is 1. The van der Waals surface area contributed by atoms with Crippen LogP contribution in [0.4, 0.5) is 10.1 Å². The number of hydrogen-bond acceptors (Lipinski definition) is 3. The molecule has 0 atom stereocenters. The monoisotopic (exact) mass is 253 g/mol. The molecular weight excluding hydrogens is 233 g/mol. The molecule has 0 spiro atoms. The summed E-state index contributed by atoms with van der Waals surface area (Å²) >= 11 is 0. The highest BCUT2D eigenvalue weighted by Crippen LogP contribution is 2.24. The van der Waals surface area contributed by atoms with Gasteiger partial charge in [-0.25, -0.2) is 4.39 Å². The van der Waals surface area contributed by atoms with E-state index in [1.165, 1.54) is 11.0 Å². The van der Waals surface area contributed by atoms with Crippen molar-refractivity contribution >= 4 is 11.6 Å². The molecule has 0 aliphatic heterocycles. The van der Waals surface area contributed by atoms with Crippen molar-refractivity contribution in [3.05, 3.63) is 29.6 Å². The summed E-state index contributed by atoms with van der Waals surface area (Å²) < 4.78 is 13.9. The van der Waals surface area contributed by atoms with Gasteiger partial charge in [-0.05, 0) is 18.6 Å². The van der Waals surface area contributed by atoms with Crippen molar-refractivity contribution in [2.75, 3.05) is 32.1 Å². The molecular formula is C13H20FN3O. The summed E-state index contributed by atoms with van der Waals surface area (Å²) in [4.78, 5) is 14.9. The Bertz CT molecular complexity index is 421. The van der Waals surface area contributed by atoms with Crippen molar-refractivity contribution in [3.63, 3.8) is 0 Å². The zero-order valence-electron chi connectivity index (χ0n) is 11.1. The maximum Gasteiger partial charge on any atom is 0.241 e. The molecule has 0 radical (unpaired) electrons. The van der Waals surface area contributed by atoms with Gasteiger partial charge in [-0.1, -0.05) is 12.1 Å². The normalized spacial score (nSPS) is 10.3. The van der Waals surface area contributed by atoms with Crippen LogP contribution in [0.25, 0.3) is 0 Å². The summed E-state index contributed by atoms with van der Waals surface area (Å²) in [6.07, 6.45) is 0. The molecule has 4 nitrogen and oxygen atoms in total. The third kappa shape index (κ3) is 3.20. The van der Waals surface area contributed by atoms with Gasteiger partial charge in [-0.3, -0.25) is 4.79 Å². The van der Waals surface area contributed by atoms with E-state index in [4.69, 9.17) is 5.73 Å². The molecule has 1 aromatic rings. The molecule has 0 heterocycles. The zero-order chi connectivity index (χ0) is 13.7. The van der Waals surface area contributed by atoms with Gasteiger partial charge in [0.2, 0.25) is 5.91 Å². The summed E-state index contributed by atoms with van der Waals surface area (Å²) in [7, 11) is 3.36. The molecule has 0 aliphatic carbocycles. The van der Waals surface area contributed by atoms with E-state index in [9.17, 15) is 9.18 Å². The molecule has 1 amide bonds. The van der Waals surface area contributed by atoms with Crippen molar-refractivity contribution < 1.29 is 9.18 Å². The first kappa shape index (κ1) is 14.4. The SMILES string of the molecule is CCN(CC(=O)N(C)C)c1c(F)cccc1CN. The van der Waals surface area contributed by atoms with E-state index in [0.717, 1.165) is 0 Å². The number of para-hydroxylation sites is 1. The maximum atomic E-state index is 13.9. The Kier molecular flexibility index (Phi) is 5.09. The van der Waals surface area contributed by atoms with Crippen molar-refractivity contribution in [2.24, 2.45) is 5.73 Å². The molecule has 0 saturated heterocycles. The maximum absolute atomic E-state index is 13.9. The minimum Gasteiger partial charge on any atom is -0.360 e. The lowest BCUT2D eigenvalue weighted by Crippen LogP contribution is -2.37. The predicted molar refractivity (Wildman–Crippen MR) is 70.9 cm³/mol. The summed E-state index contributed by atoms with van der Waals surface area (Å²) in [6.45, 7) is 2.83. The van der Waals surface area contributed by atoms with E-state index >= 15 is 0 Å². The lowest BCUT2D eigenvalue weighted by atomic mass is 10.1. The standard InChI is InChI=1S/C13H20FN3O/c1-4-17(9-12(18)16(2)3)13-10(8-15)6-5-7-11(13)14/h5-7H,4,8-9,15H2,1-3H3. The Morgan fingerprint density at radius 1 is 1.39 bits per heavy atom. The van der Waals surface area contributed by atoms with Crippen molar-refractivity contribution in [1.82, 2.24) is 4.90 Å². The van der Waals surface area contributed by atoms with E-state index in [1.54, 1.807) is 31.1 Å². The molecule has 0 saturated carbocycles. The minimum absolute atomic E-state index is 0.0666. The molecule has 0 fully saturated rings. The van der Waals surface area contributed by atoms with Gasteiger partial charge in [-0.15, -0.1) is 0 Å². The second-order valence-corrected chi connectivity index (χ2v) is 4.25. The highest BCUT2D eigenvalue weighted by molar-refractivity contribution is 5.81. The van der Waals surface area contributed by atoms with Crippen LogP contribution in [0.2, 0.25) is 0 Å². The van der Waals surface area contributed by atoms with E-state index in [1.807, 2.05) is 6.92 Å². The highest BCUT2D eigenvalue weighted by Gasteiger charge is 2.17. The van der Waals surface area contributed by atoms with Gasteiger partial charge in [0.1, 0.15) is 5.82 Å². The van der Waals surface area contributed by atoms with Gasteiger partial charge < -0.3 is 15.5 Å². The lowest BCUT2D eigenvalue weighted by molar-refractivity contribution is -0.127. The number of nitrogens with two attached hydrogens (primary N) is 1. The van der Waals surface area contributed by atoms with Crippen LogP contribution in [0.3, 0.4) is 0 Å². The average molecular weight is 253 g/mol. The van der Waals surface area contributed by atoms with E-state index in [0.29, 0.717) is 17.8 Å². The summed E-state index contributed by atoms with van der Waals surface area (Å²) in [5, 5.41) is 0. The number of halogens is 1. The second kappa shape index (κ2) is 6.35. The van der Waals surface area contributed by atoms with Gasteiger partial charge in [0.15, 0.2) is 0 Å². The number of hydrogen-bond donors (Lipinski definition) is 1. The molecule has 18 heavy (non-hydrogen) atoms. The summed E-state index contributed by atoms with van der Waals surface area (Å²) in [5.74, 6) is -0.408. The summed E-state index contributed by atoms with van der Waals surface area (Å²) in [5.41, 5.74) is 6.75. The zero-order valence-corrected chi connectivity index (χ0v) is 11.1. The fourth-order valence-electron chi connectivity index (χ4n) is 1.73. The molecule has 5 heteroatoms. The number of carbonyl (C=O) groups is 1. The molecule has 0 unspecified atom stereocenters. The fraction of sp³-hybridized carbons (Fsp3) is 0.462. The molecule has 2 N–H and O–H groups in total. The average Bonchev–Trinajstić information content (AvgIpc) is 2.35. The predicted octanol–water partition coefficient (Wildman–Crippen LogP) is 1.20. The second-order valence-electron chi connectivity index (χ2n) is 4.25. The Balaban J connectivity index is 3.05. The van der Waals surface area contributed by atoms with Crippen LogP contribution in [0, 0.1) is 5.82 Å². The molecule has 1 rings (SSSR count). The van der Waals surface area contributed by atoms with Gasteiger partial charge in [0.05, 0.1) is 12.2 Å². The minimum atomic E-state index is -0.341. The van der Waals surface area contributed by atoms with Crippen LogP contribution < -0.4 is 10.6 Å². The van der Waals surface area contributed by atoms with Gasteiger partial charge in [-0.2, -0.15) is 0 Å². The molecule has 100 valence electrons. The van der Waals surface area contributed by atoms with E-state index < -0.39 is 0 Å². The quantitative estimate of drug-likeness (QED) is 0.858. The van der Waals surface area contributed by atoms with Crippen molar-refractivity contribution in [1.29, 1.82) is 0 Å². The smallest absolute Gasteiger partial charge is 0.241 e. The van der Waals surface area contributed by atoms with Crippen LogP contribution in [-0.2, 0) is 11.3 Å². The Hall–Kier alpha value is -1.62. The Labute approximate surface area is 107 Å². The van der Waals surface area contributed by atoms with Crippen LogP contribution in [-0.4, -0.2) is 38.0 Å². The Morgan fingerprint density at radius 2 is 2.06 bits per heavy atom. The number of benzene rings is 1. The van der Waals surface area contributed by atoms with Crippen molar-refractivity contribution in [2.45, 2.75) is 13.5 Å². The third-order valence-electron chi connectivity index (χ3n) is 2.81. The Morgan fingerprint density at radius 3 is 2.56 bits per heavy atom. The largest absolute Gasteiger partial charge is 0.360 e. The first-order valence-electron chi connectivity index (χ1n) is 5.93. The first-order chi connectivity index (χ1) is 8.51. The van der Waals surface area contributed by atoms with Gasteiger partial charge in [0, 0.05) is 27.2 Å². The van der Waals surface area contributed by atoms with E-state index in [-0.39, 0.29) is 24.8 Å². The van der Waals surface area contributed by atoms with Gasteiger partial charge >= 0.3 is 0 Å². The summed E-state index contributed by atoms with van der Waals surface area (Å²) in [6, 6.07) is 4.79. The highest BCUT2D eigenvalue weighted by atomic mass is 19.1. The van der Waals surface area contributed by atoms with Crippen molar-refractivity contribution in [3.8, 4) is 0 Å². The van der Waals surface area contributed by atoms with Crippen LogP contribution in [0.15, 0.2) is 18.2 Å². The molecule has 1 aromatic carbocycles. The van der Waals surface area contributed by atoms with Crippen LogP contribution >= 0.6 is 0 Å². The molecule has 0 aliphatic rings. The molecule has 0 bridgehead atoms. The first-order valence-corrected chi connectivity index (χ1v) is 5.93. The van der Waals surface area contributed by atoms with Crippen LogP contribution in [0.1, 0.15) is 12.5 Å². The van der Waals surface area contributed by atoms with Crippen LogP contribution in [0.5, 0.6) is 0 Å². The fourth-order valence-corrected chi connectivity index (χ4v) is 1.73. The number of carbonyl (C=O) groups excluding carboxylic acids is 1.